The Morgan fingerprint density at radius 3 is 2.20 bits per heavy atom. The van der Waals surface area contributed by atoms with Crippen LogP contribution in [-0.4, -0.2) is 55.8 Å². The van der Waals surface area contributed by atoms with Crippen molar-refractivity contribution in [2.75, 3.05) is 26.7 Å². The lowest BCUT2D eigenvalue weighted by molar-refractivity contribution is 0.0473. The summed E-state index contributed by atoms with van der Waals surface area (Å²) in [7, 11) is 1.61. The average Bonchev–Trinajstić information content (AvgIpc) is 2.59. The number of hydrogen-bond acceptors (Lipinski definition) is 4. The van der Waals surface area contributed by atoms with Crippen LogP contribution in [0.25, 0.3) is 0 Å². The molecule has 1 rings (SSSR count). The summed E-state index contributed by atoms with van der Waals surface area (Å²) >= 11 is 0. The van der Waals surface area contributed by atoms with Gasteiger partial charge in [-0.2, -0.15) is 0 Å². The summed E-state index contributed by atoms with van der Waals surface area (Å²) in [5.74, 6) is -0.533. The maximum absolute atomic E-state index is 13.6. The monoisotopic (exact) mass is 537 g/mol. The third-order valence-electron chi connectivity index (χ3n) is 3.58. The topological polar surface area (TPSA) is 104 Å². The van der Waals surface area contributed by atoms with E-state index in [1.807, 2.05) is 13.8 Å². The lowest BCUT2D eigenvalue weighted by Crippen LogP contribution is -2.54. The van der Waals surface area contributed by atoms with Gasteiger partial charge in [0.1, 0.15) is 11.4 Å². The number of amides is 2. The Labute approximate surface area is 194 Å². The first-order chi connectivity index (χ1) is 13.4. The second kappa shape index (κ2) is 12.6. The molecular weight excluding hydrogens is 504 g/mol. The van der Waals surface area contributed by atoms with Gasteiger partial charge in [0.25, 0.3) is 5.91 Å². The van der Waals surface area contributed by atoms with Gasteiger partial charge in [-0.25, -0.2) is 9.18 Å². The molecule has 0 fully saturated rings. The van der Waals surface area contributed by atoms with E-state index < -0.39 is 29.0 Å². The van der Waals surface area contributed by atoms with E-state index in [4.69, 9.17) is 4.74 Å². The number of benzene rings is 1. The first-order valence-corrected chi connectivity index (χ1v) is 9.42. The highest BCUT2D eigenvalue weighted by Gasteiger charge is 2.24. The Bertz CT molecular complexity index is 735. The van der Waals surface area contributed by atoms with E-state index in [0.717, 1.165) is 0 Å². The molecule has 0 aromatic heterocycles. The first kappa shape index (κ1) is 27.9. The van der Waals surface area contributed by atoms with Crippen LogP contribution in [0.3, 0.4) is 0 Å². The molecule has 1 aromatic rings. The Morgan fingerprint density at radius 1 is 1.03 bits per heavy atom. The molecule has 0 bridgehead atoms. The van der Waals surface area contributed by atoms with Gasteiger partial charge in [0.05, 0.1) is 11.1 Å². The third kappa shape index (κ3) is 11.2. The molecule has 0 radical (unpaired) electrons. The van der Waals surface area contributed by atoms with Crippen LogP contribution in [0, 0.1) is 5.82 Å². The van der Waals surface area contributed by atoms with Crippen LogP contribution in [0.2, 0.25) is 0 Å². The Hall–Kier alpha value is -2.11. The molecule has 0 aliphatic carbocycles. The number of rotatable bonds is 7. The fraction of sp³-hybridized carbons (Fsp3) is 0.550. The molecule has 30 heavy (non-hydrogen) atoms. The van der Waals surface area contributed by atoms with E-state index >= 15 is 0 Å². The number of aliphatic imine (C=N–C) groups is 1. The Morgan fingerprint density at radius 2 is 1.63 bits per heavy atom. The van der Waals surface area contributed by atoms with Crippen LogP contribution in [0.1, 0.15) is 45.0 Å². The van der Waals surface area contributed by atoms with E-state index in [9.17, 15) is 14.0 Å². The highest BCUT2D eigenvalue weighted by molar-refractivity contribution is 14.0. The fourth-order valence-electron chi connectivity index (χ4n) is 2.25. The molecule has 170 valence electrons. The van der Waals surface area contributed by atoms with Gasteiger partial charge in [-0.1, -0.05) is 12.1 Å². The minimum atomic E-state index is -0.584. The van der Waals surface area contributed by atoms with E-state index in [0.29, 0.717) is 19.0 Å². The minimum Gasteiger partial charge on any atom is -0.444 e. The van der Waals surface area contributed by atoms with Crippen molar-refractivity contribution in [3.8, 4) is 0 Å². The molecule has 0 atom stereocenters. The number of carbonyl (C=O) groups excluding carboxylic acids is 2. The van der Waals surface area contributed by atoms with Crippen molar-refractivity contribution in [1.29, 1.82) is 0 Å². The molecule has 0 heterocycles. The van der Waals surface area contributed by atoms with Crippen molar-refractivity contribution in [2.45, 2.75) is 45.8 Å². The second-order valence-corrected chi connectivity index (χ2v) is 8.10. The largest absolute Gasteiger partial charge is 0.444 e. The van der Waals surface area contributed by atoms with E-state index in [2.05, 4.69) is 26.3 Å². The number of halogens is 2. The van der Waals surface area contributed by atoms with Crippen molar-refractivity contribution < 1.29 is 18.7 Å². The van der Waals surface area contributed by atoms with Gasteiger partial charge >= 0.3 is 6.09 Å². The molecule has 0 aliphatic heterocycles. The lowest BCUT2D eigenvalue weighted by Gasteiger charge is -2.29. The van der Waals surface area contributed by atoms with E-state index in [1.165, 1.54) is 18.2 Å². The molecule has 0 aliphatic rings. The Kier molecular flexibility index (Phi) is 11.7. The van der Waals surface area contributed by atoms with Gasteiger partial charge in [-0.15, -0.1) is 24.0 Å². The second-order valence-electron chi connectivity index (χ2n) is 8.10. The molecule has 0 unspecified atom stereocenters. The van der Waals surface area contributed by atoms with Crippen molar-refractivity contribution in [3.63, 3.8) is 0 Å². The highest BCUT2D eigenvalue weighted by Crippen LogP contribution is 2.09. The highest BCUT2D eigenvalue weighted by atomic mass is 127. The molecule has 4 N–H and O–H groups in total. The number of hydrogen-bond donors (Lipinski definition) is 4. The number of nitrogens with zero attached hydrogens (tertiary/aromatic N) is 1. The quantitative estimate of drug-likeness (QED) is 0.185. The third-order valence-corrected chi connectivity index (χ3v) is 3.58. The predicted molar refractivity (Wildman–Crippen MR) is 127 cm³/mol. The van der Waals surface area contributed by atoms with Crippen LogP contribution in [0.4, 0.5) is 9.18 Å². The standard InChI is InChI=1S/C20H32FN5O3.HI/c1-19(2,3)29-18(28)26-20(4,5)13-25-17(22-6)24-12-11-23-16(27)14-9-7-8-10-15(14)21;/h7-10H,11-13H2,1-6H3,(H,23,27)(H,26,28)(H2,22,24,25);1H. The lowest BCUT2D eigenvalue weighted by atomic mass is 10.1. The van der Waals surface area contributed by atoms with Crippen LogP contribution >= 0.6 is 24.0 Å². The van der Waals surface area contributed by atoms with E-state index in [-0.39, 0.29) is 36.1 Å². The van der Waals surface area contributed by atoms with Crippen LogP contribution < -0.4 is 21.3 Å². The smallest absolute Gasteiger partial charge is 0.408 e. The SMILES string of the molecule is CN=C(NCCNC(=O)c1ccccc1F)NCC(C)(C)NC(=O)OC(C)(C)C.I. The zero-order chi connectivity index (χ0) is 22.1. The summed E-state index contributed by atoms with van der Waals surface area (Å²) in [5.41, 5.74) is -1.15. The fourth-order valence-corrected chi connectivity index (χ4v) is 2.25. The molecule has 10 heteroatoms. The summed E-state index contributed by atoms with van der Waals surface area (Å²) in [6.45, 7) is 10.2. The maximum Gasteiger partial charge on any atom is 0.408 e. The summed E-state index contributed by atoms with van der Waals surface area (Å²) < 4.78 is 18.8. The number of guanidine groups is 1. The summed E-state index contributed by atoms with van der Waals surface area (Å²) in [5, 5.41) is 11.6. The normalized spacial score (nSPS) is 11.8. The average molecular weight is 537 g/mol. The van der Waals surface area contributed by atoms with Gasteiger partial charge in [0, 0.05) is 26.7 Å². The summed E-state index contributed by atoms with van der Waals surface area (Å²) in [4.78, 5) is 28.0. The number of carbonyl (C=O) groups is 2. The van der Waals surface area contributed by atoms with Gasteiger partial charge in [-0.05, 0) is 46.8 Å². The van der Waals surface area contributed by atoms with Crippen LogP contribution in [0.5, 0.6) is 0 Å². The van der Waals surface area contributed by atoms with Gasteiger partial charge in [0.2, 0.25) is 0 Å². The molecule has 0 saturated heterocycles. The number of ether oxygens (including phenoxy) is 1. The predicted octanol–water partition coefficient (Wildman–Crippen LogP) is 2.64. The number of alkyl carbamates (subject to hydrolysis) is 1. The molecule has 0 spiro atoms. The van der Waals surface area contributed by atoms with Crippen LogP contribution in [-0.2, 0) is 4.74 Å². The van der Waals surface area contributed by atoms with Gasteiger partial charge in [-0.3, -0.25) is 9.79 Å². The molecular formula is C20H33FIN5O3. The van der Waals surface area contributed by atoms with Gasteiger partial charge < -0.3 is 26.0 Å². The summed E-state index contributed by atoms with van der Waals surface area (Å²) in [6.07, 6.45) is -0.497. The Balaban J connectivity index is 0.00000841. The minimum absolute atomic E-state index is 0. The zero-order valence-electron chi connectivity index (χ0n) is 18.4. The molecule has 8 nitrogen and oxygen atoms in total. The maximum atomic E-state index is 13.6. The zero-order valence-corrected chi connectivity index (χ0v) is 20.7. The van der Waals surface area contributed by atoms with Crippen molar-refractivity contribution in [3.05, 3.63) is 35.6 Å². The molecule has 0 saturated carbocycles. The number of nitrogens with one attached hydrogen (secondary N) is 4. The van der Waals surface area contributed by atoms with Crippen molar-refractivity contribution in [1.82, 2.24) is 21.3 Å². The molecule has 1 aromatic carbocycles. The first-order valence-electron chi connectivity index (χ1n) is 9.42. The van der Waals surface area contributed by atoms with E-state index in [1.54, 1.807) is 33.9 Å². The van der Waals surface area contributed by atoms with Crippen molar-refractivity contribution >= 4 is 41.9 Å². The molecule has 2 amide bonds. The summed E-state index contributed by atoms with van der Waals surface area (Å²) in [6, 6.07) is 5.81. The van der Waals surface area contributed by atoms with Gasteiger partial charge in [0.15, 0.2) is 5.96 Å². The van der Waals surface area contributed by atoms with Crippen LogP contribution in [0.15, 0.2) is 29.3 Å². The van der Waals surface area contributed by atoms with Crippen molar-refractivity contribution in [2.24, 2.45) is 4.99 Å².